The van der Waals surface area contributed by atoms with Crippen molar-refractivity contribution in [2.75, 3.05) is 19.0 Å². The van der Waals surface area contributed by atoms with Gasteiger partial charge in [-0.05, 0) is 46.4 Å². The lowest BCUT2D eigenvalue weighted by atomic mass is 10.1. The topological polar surface area (TPSA) is 64.3 Å². The fraction of sp³-hybridized carbons (Fsp3) is 0.318. The molecule has 0 aliphatic heterocycles. The first-order valence-corrected chi connectivity index (χ1v) is 9.59. The van der Waals surface area contributed by atoms with E-state index in [2.05, 4.69) is 56.8 Å². The Kier molecular flexibility index (Phi) is 12.3. The van der Waals surface area contributed by atoms with Gasteiger partial charge in [0.15, 0.2) is 0 Å². The van der Waals surface area contributed by atoms with Crippen molar-refractivity contribution >= 4 is 32.4 Å². The van der Waals surface area contributed by atoms with Crippen LogP contribution >= 0.6 is 11.3 Å². The van der Waals surface area contributed by atoms with Crippen molar-refractivity contribution in [3.05, 3.63) is 53.3 Å². The third kappa shape index (κ3) is 7.30. The second-order valence-corrected chi connectivity index (χ2v) is 6.49. The number of ether oxygens (including phenoxy) is 1. The number of rotatable bonds is 6. The first-order valence-electron chi connectivity index (χ1n) is 8.77. The molecule has 0 fully saturated rings. The van der Waals surface area contributed by atoms with Crippen molar-refractivity contribution < 1.29 is 9.53 Å². The molecule has 0 radical (unpaired) electrons. The van der Waals surface area contributed by atoms with Crippen molar-refractivity contribution in [2.45, 2.75) is 34.1 Å². The molecular formula is C22H30N2O2S. The van der Waals surface area contributed by atoms with Gasteiger partial charge in [0.05, 0.1) is 6.61 Å². The van der Waals surface area contributed by atoms with Crippen LogP contribution < -0.4 is 11.1 Å². The van der Waals surface area contributed by atoms with E-state index in [0.717, 1.165) is 27.2 Å². The standard InChI is InChI=1S/C19H23NO2S.C2H2.CH5N/c1-5-14(12-11-13(3)4)20-18-17(19(21)22-6-2)15-9-7-8-10-16(15)23-18;2*1-2/h7-12,20H,5-6H2,1-4H3;1-2H;2H2,1H3/b14-12+;;. The van der Waals surface area contributed by atoms with E-state index in [9.17, 15) is 4.79 Å². The number of esters is 1. The Bertz CT molecular complexity index is 797. The molecule has 0 spiro atoms. The van der Waals surface area contributed by atoms with Crippen molar-refractivity contribution in [1.82, 2.24) is 0 Å². The van der Waals surface area contributed by atoms with Gasteiger partial charge in [-0.2, -0.15) is 0 Å². The maximum atomic E-state index is 12.4. The van der Waals surface area contributed by atoms with Crippen LogP contribution in [0.3, 0.4) is 0 Å². The van der Waals surface area contributed by atoms with Crippen molar-refractivity contribution in [2.24, 2.45) is 5.73 Å². The van der Waals surface area contributed by atoms with Crippen LogP contribution in [0.5, 0.6) is 0 Å². The van der Waals surface area contributed by atoms with Gasteiger partial charge in [0.1, 0.15) is 10.6 Å². The number of hydrogen-bond acceptors (Lipinski definition) is 5. The number of terminal acetylenes is 1. The van der Waals surface area contributed by atoms with Gasteiger partial charge >= 0.3 is 5.97 Å². The normalized spacial score (nSPS) is 10.0. The summed E-state index contributed by atoms with van der Waals surface area (Å²) in [7, 11) is 1.50. The fourth-order valence-electron chi connectivity index (χ4n) is 2.20. The third-order valence-electron chi connectivity index (χ3n) is 3.35. The molecule has 27 heavy (non-hydrogen) atoms. The molecule has 2 rings (SSSR count). The predicted molar refractivity (Wildman–Crippen MR) is 119 cm³/mol. The fourth-order valence-corrected chi connectivity index (χ4v) is 3.32. The Morgan fingerprint density at radius 2 is 1.81 bits per heavy atom. The summed E-state index contributed by atoms with van der Waals surface area (Å²) in [6.45, 7) is 8.41. The highest BCUT2D eigenvalue weighted by Gasteiger charge is 2.20. The second kappa shape index (κ2) is 13.6. The molecule has 2 aromatic rings. The number of fused-ring (bicyclic) bond motifs is 1. The zero-order valence-electron chi connectivity index (χ0n) is 16.8. The molecule has 0 saturated heterocycles. The summed E-state index contributed by atoms with van der Waals surface area (Å²) in [6, 6.07) is 7.92. The maximum absolute atomic E-state index is 12.4. The van der Waals surface area contributed by atoms with Crippen LogP contribution in [0.4, 0.5) is 5.00 Å². The average molecular weight is 387 g/mol. The maximum Gasteiger partial charge on any atom is 0.341 e. The Morgan fingerprint density at radius 3 is 2.37 bits per heavy atom. The number of allylic oxidation sites excluding steroid dienone is 4. The third-order valence-corrected chi connectivity index (χ3v) is 4.43. The number of carbonyl (C=O) groups excluding carboxylic acids is 1. The molecule has 1 aromatic heterocycles. The molecule has 1 heterocycles. The minimum atomic E-state index is -0.273. The monoisotopic (exact) mass is 386 g/mol. The summed E-state index contributed by atoms with van der Waals surface area (Å²) in [6.07, 6.45) is 13.0. The average Bonchev–Trinajstić information content (AvgIpc) is 3.06. The van der Waals surface area contributed by atoms with Crippen LogP contribution in [0.25, 0.3) is 10.1 Å². The highest BCUT2D eigenvalue weighted by molar-refractivity contribution is 7.23. The van der Waals surface area contributed by atoms with Crippen LogP contribution in [0, 0.1) is 12.8 Å². The molecule has 146 valence electrons. The Balaban J connectivity index is 0.00000158. The van der Waals surface area contributed by atoms with Crippen molar-refractivity contribution in [1.29, 1.82) is 0 Å². The lowest BCUT2D eigenvalue weighted by molar-refractivity contribution is 0.0530. The number of thiophene rings is 1. The van der Waals surface area contributed by atoms with Gasteiger partial charge in [-0.25, -0.2) is 4.79 Å². The van der Waals surface area contributed by atoms with Gasteiger partial charge in [0.2, 0.25) is 0 Å². The van der Waals surface area contributed by atoms with Gasteiger partial charge in [-0.15, -0.1) is 24.2 Å². The molecule has 0 aliphatic carbocycles. The lowest BCUT2D eigenvalue weighted by Crippen LogP contribution is -2.07. The summed E-state index contributed by atoms with van der Waals surface area (Å²) >= 11 is 1.58. The summed E-state index contributed by atoms with van der Waals surface area (Å²) in [4.78, 5) is 12.4. The zero-order valence-corrected chi connectivity index (χ0v) is 17.7. The van der Waals surface area contributed by atoms with Crippen molar-refractivity contribution in [3.8, 4) is 12.8 Å². The van der Waals surface area contributed by atoms with Gasteiger partial charge < -0.3 is 15.8 Å². The number of anilines is 1. The van der Waals surface area contributed by atoms with E-state index < -0.39 is 0 Å². The summed E-state index contributed by atoms with van der Waals surface area (Å²) in [5.41, 5.74) is 7.44. The first-order chi connectivity index (χ1) is 13.1. The van der Waals surface area contributed by atoms with Gasteiger partial charge in [-0.1, -0.05) is 36.8 Å². The summed E-state index contributed by atoms with van der Waals surface area (Å²) in [5, 5.41) is 5.20. The van der Waals surface area contributed by atoms with Crippen molar-refractivity contribution in [3.63, 3.8) is 0 Å². The Hall–Kier alpha value is -2.55. The number of nitrogens with two attached hydrogens (primary N) is 1. The molecule has 0 bridgehead atoms. The smallest absolute Gasteiger partial charge is 0.341 e. The lowest BCUT2D eigenvalue weighted by Gasteiger charge is -2.09. The SMILES string of the molecule is C#C.CCOC(=O)c1c(N/C(=C/C=C(C)C)CC)sc2ccccc12.CN. The molecule has 0 aliphatic rings. The first kappa shape index (κ1) is 24.5. The van der Waals surface area contributed by atoms with E-state index in [-0.39, 0.29) is 5.97 Å². The van der Waals surface area contributed by atoms with E-state index in [1.807, 2.05) is 31.2 Å². The van der Waals surface area contributed by atoms with E-state index in [1.165, 1.54) is 12.6 Å². The van der Waals surface area contributed by atoms with Gasteiger partial charge in [0, 0.05) is 15.8 Å². The van der Waals surface area contributed by atoms with E-state index >= 15 is 0 Å². The van der Waals surface area contributed by atoms with E-state index in [0.29, 0.717) is 12.2 Å². The van der Waals surface area contributed by atoms with Gasteiger partial charge in [-0.3, -0.25) is 0 Å². The minimum Gasteiger partial charge on any atom is -0.462 e. The highest BCUT2D eigenvalue weighted by Crippen LogP contribution is 2.37. The van der Waals surface area contributed by atoms with Gasteiger partial charge in [0.25, 0.3) is 0 Å². The molecule has 3 N–H and O–H groups in total. The van der Waals surface area contributed by atoms with Crippen LogP contribution in [-0.2, 0) is 4.74 Å². The molecule has 0 saturated carbocycles. The van der Waals surface area contributed by atoms with Crippen LogP contribution in [0.2, 0.25) is 0 Å². The number of carbonyl (C=O) groups is 1. The predicted octanol–water partition coefficient (Wildman–Crippen LogP) is 5.57. The van der Waals surface area contributed by atoms with Crippen LogP contribution in [-0.4, -0.2) is 19.6 Å². The number of nitrogens with one attached hydrogen (secondary N) is 1. The Labute approximate surface area is 167 Å². The van der Waals surface area contributed by atoms with Crippen LogP contribution in [0.1, 0.15) is 44.5 Å². The van der Waals surface area contributed by atoms with E-state index in [1.54, 1.807) is 11.3 Å². The molecule has 0 atom stereocenters. The number of hydrogen-bond donors (Lipinski definition) is 2. The van der Waals surface area contributed by atoms with Crippen LogP contribution in [0.15, 0.2) is 47.7 Å². The molecule has 0 unspecified atom stereocenters. The quantitative estimate of drug-likeness (QED) is 0.387. The molecule has 1 aromatic carbocycles. The highest BCUT2D eigenvalue weighted by atomic mass is 32.1. The Morgan fingerprint density at radius 1 is 1.19 bits per heavy atom. The van der Waals surface area contributed by atoms with E-state index in [4.69, 9.17) is 4.74 Å². The summed E-state index contributed by atoms with van der Waals surface area (Å²) in [5.74, 6) is -0.273. The minimum absolute atomic E-state index is 0.273. The second-order valence-electron chi connectivity index (χ2n) is 5.44. The number of benzene rings is 1. The molecule has 0 amide bonds. The molecular weight excluding hydrogens is 356 g/mol. The molecule has 4 nitrogen and oxygen atoms in total. The summed E-state index contributed by atoms with van der Waals surface area (Å²) < 4.78 is 6.32. The molecule has 5 heteroatoms. The zero-order chi connectivity index (χ0) is 20.8. The largest absolute Gasteiger partial charge is 0.462 e.